The summed E-state index contributed by atoms with van der Waals surface area (Å²) in [5, 5.41) is 1.36. The average Bonchev–Trinajstić information content (AvgIpc) is 3.53. The molecule has 6 aromatic rings. The minimum Gasteiger partial charge on any atom is -0.398 e. The smallest absolute Gasteiger partial charge is 0.195 e. The highest BCUT2D eigenvalue weighted by atomic mass is 127. The zero-order chi connectivity index (χ0) is 31.5. The Balaban J connectivity index is 0.000000134. The van der Waals surface area contributed by atoms with E-state index in [0.29, 0.717) is 17.1 Å². The maximum atomic E-state index is 12.8. The van der Waals surface area contributed by atoms with Crippen LogP contribution >= 0.6 is 45.8 Å². The molecular weight excluding hydrogens is 712 g/mol. The summed E-state index contributed by atoms with van der Waals surface area (Å²) in [4.78, 5) is 24.9. The van der Waals surface area contributed by atoms with Gasteiger partial charge in [-0.1, -0.05) is 132 Å². The van der Waals surface area contributed by atoms with Gasteiger partial charge in [-0.05, 0) is 86.7 Å². The van der Waals surface area contributed by atoms with Gasteiger partial charge < -0.3 is 5.73 Å². The van der Waals surface area contributed by atoms with E-state index in [-0.39, 0.29) is 11.6 Å². The van der Waals surface area contributed by atoms with E-state index in [1.165, 1.54) is 0 Å². The predicted octanol–water partition coefficient (Wildman–Crippen LogP) is 10.6. The molecule has 0 spiro atoms. The summed E-state index contributed by atoms with van der Waals surface area (Å²) < 4.78 is 1.03. The number of nitrogen functional groups attached to an aromatic ring is 1. The van der Waals surface area contributed by atoms with E-state index in [1.807, 2.05) is 121 Å². The molecule has 0 amide bonds. The van der Waals surface area contributed by atoms with Gasteiger partial charge in [0.1, 0.15) is 0 Å². The fourth-order valence-corrected chi connectivity index (χ4v) is 6.72. The van der Waals surface area contributed by atoms with E-state index in [9.17, 15) is 9.59 Å². The quantitative estimate of drug-likeness (QED) is 0.142. The van der Waals surface area contributed by atoms with Crippen molar-refractivity contribution in [3.8, 4) is 22.3 Å². The summed E-state index contributed by atoms with van der Waals surface area (Å²) >= 11 is 14.1. The van der Waals surface area contributed by atoms with Crippen LogP contribution in [0.25, 0.3) is 22.3 Å². The van der Waals surface area contributed by atoms with Gasteiger partial charge in [-0.25, -0.2) is 0 Å². The number of rotatable bonds is 2. The van der Waals surface area contributed by atoms with Crippen molar-refractivity contribution in [3.05, 3.63) is 180 Å². The van der Waals surface area contributed by atoms with Crippen molar-refractivity contribution < 1.29 is 9.59 Å². The Labute approximate surface area is 285 Å². The summed E-state index contributed by atoms with van der Waals surface area (Å²) in [6.45, 7) is 0. The maximum absolute atomic E-state index is 12.8. The highest BCUT2D eigenvalue weighted by molar-refractivity contribution is 14.1. The number of anilines is 1. The molecule has 2 aliphatic rings. The van der Waals surface area contributed by atoms with E-state index in [0.717, 1.165) is 64.2 Å². The molecule has 2 N–H and O–H groups in total. The number of para-hydroxylation sites is 1. The SMILES string of the molecule is Nc1ccccc1Cl.O=C1c2ccccc2-c2cccc(Cc3ccccc3Cl)c21.O=C1c2ccccc2-c2cccc(I)c21. The summed E-state index contributed by atoms with van der Waals surface area (Å²) in [5.41, 5.74) is 15.6. The molecule has 0 unspecified atom stereocenters. The third kappa shape index (κ3) is 6.19. The monoisotopic (exact) mass is 737 g/mol. The van der Waals surface area contributed by atoms with Crippen molar-refractivity contribution in [2.24, 2.45) is 0 Å². The number of hydrogen-bond acceptors (Lipinski definition) is 3. The predicted molar refractivity (Wildman–Crippen MR) is 193 cm³/mol. The second-order valence-corrected chi connectivity index (χ2v) is 12.5. The lowest BCUT2D eigenvalue weighted by Gasteiger charge is -2.09. The van der Waals surface area contributed by atoms with Crippen LogP contribution in [-0.2, 0) is 6.42 Å². The van der Waals surface area contributed by atoms with Crippen LogP contribution in [0.5, 0.6) is 0 Å². The van der Waals surface area contributed by atoms with Crippen molar-refractivity contribution in [2.75, 3.05) is 5.73 Å². The molecule has 8 rings (SSSR count). The molecule has 220 valence electrons. The van der Waals surface area contributed by atoms with Gasteiger partial charge in [0, 0.05) is 30.8 Å². The zero-order valence-corrected chi connectivity index (χ0v) is 27.6. The normalized spacial score (nSPS) is 11.7. The molecule has 0 bridgehead atoms. The van der Waals surface area contributed by atoms with E-state index in [4.69, 9.17) is 28.9 Å². The number of nitrogens with two attached hydrogens (primary N) is 1. The first-order valence-electron chi connectivity index (χ1n) is 14.3. The molecule has 2 aliphatic carbocycles. The van der Waals surface area contributed by atoms with Crippen LogP contribution in [0.2, 0.25) is 10.0 Å². The Morgan fingerprint density at radius 2 is 0.911 bits per heavy atom. The van der Waals surface area contributed by atoms with Gasteiger partial charge in [-0.15, -0.1) is 0 Å². The van der Waals surface area contributed by atoms with Crippen molar-refractivity contribution >= 4 is 63.0 Å². The summed E-state index contributed by atoms with van der Waals surface area (Å²) in [6, 6.07) is 42.6. The Hall–Kier alpha value is -4.23. The van der Waals surface area contributed by atoms with Crippen molar-refractivity contribution in [1.82, 2.24) is 0 Å². The first-order chi connectivity index (χ1) is 21.8. The lowest BCUT2D eigenvalue weighted by atomic mass is 9.95. The fourth-order valence-electron chi connectivity index (χ4n) is 5.64. The van der Waals surface area contributed by atoms with Crippen molar-refractivity contribution in [1.29, 1.82) is 0 Å². The number of halogens is 3. The van der Waals surface area contributed by atoms with E-state index in [1.54, 1.807) is 12.1 Å². The Morgan fingerprint density at radius 3 is 1.49 bits per heavy atom. The Morgan fingerprint density at radius 1 is 0.467 bits per heavy atom. The van der Waals surface area contributed by atoms with Crippen molar-refractivity contribution in [3.63, 3.8) is 0 Å². The lowest BCUT2D eigenvalue weighted by Crippen LogP contribution is -2.02. The minimum absolute atomic E-state index is 0.119. The minimum atomic E-state index is 0.119. The fraction of sp³-hybridized carbons (Fsp3) is 0.0256. The first-order valence-corrected chi connectivity index (χ1v) is 16.1. The van der Waals surface area contributed by atoms with Gasteiger partial charge in [0.25, 0.3) is 0 Å². The number of ketones is 2. The number of benzene rings is 6. The number of hydrogen-bond donors (Lipinski definition) is 1. The molecule has 6 aromatic carbocycles. The van der Waals surface area contributed by atoms with Gasteiger partial charge >= 0.3 is 0 Å². The lowest BCUT2D eigenvalue weighted by molar-refractivity contribution is 0.103. The summed E-state index contributed by atoms with van der Waals surface area (Å²) in [7, 11) is 0. The molecule has 0 aromatic heterocycles. The molecule has 45 heavy (non-hydrogen) atoms. The molecule has 0 radical (unpaired) electrons. The van der Waals surface area contributed by atoms with Crippen LogP contribution in [-0.4, -0.2) is 11.6 Å². The van der Waals surface area contributed by atoms with E-state index in [2.05, 4.69) is 22.6 Å². The molecule has 3 nitrogen and oxygen atoms in total. The van der Waals surface area contributed by atoms with Crippen LogP contribution in [0.15, 0.2) is 133 Å². The van der Waals surface area contributed by atoms with Crippen LogP contribution in [0, 0.1) is 3.57 Å². The second-order valence-electron chi connectivity index (χ2n) is 10.5. The van der Waals surface area contributed by atoms with E-state index >= 15 is 0 Å². The Kier molecular flexibility index (Phi) is 9.17. The maximum Gasteiger partial charge on any atom is 0.195 e. The van der Waals surface area contributed by atoms with Crippen LogP contribution in [0.4, 0.5) is 5.69 Å². The molecule has 0 aliphatic heterocycles. The topological polar surface area (TPSA) is 60.2 Å². The number of carbonyl (C=O) groups excluding carboxylic acids is 2. The third-order valence-electron chi connectivity index (χ3n) is 7.79. The third-order valence-corrected chi connectivity index (χ3v) is 9.40. The molecule has 0 atom stereocenters. The van der Waals surface area contributed by atoms with Gasteiger partial charge in [-0.2, -0.15) is 0 Å². The van der Waals surface area contributed by atoms with E-state index < -0.39 is 0 Å². The Bertz CT molecular complexity index is 2070. The summed E-state index contributed by atoms with van der Waals surface area (Å²) in [5.74, 6) is 0.277. The van der Waals surface area contributed by atoms with Gasteiger partial charge in [0.15, 0.2) is 11.6 Å². The van der Waals surface area contributed by atoms with Crippen LogP contribution < -0.4 is 5.73 Å². The van der Waals surface area contributed by atoms with Crippen LogP contribution in [0.1, 0.15) is 43.0 Å². The van der Waals surface area contributed by atoms with Gasteiger partial charge in [-0.3, -0.25) is 9.59 Å². The highest BCUT2D eigenvalue weighted by Crippen LogP contribution is 2.40. The van der Waals surface area contributed by atoms with Crippen molar-refractivity contribution in [2.45, 2.75) is 6.42 Å². The average molecular weight is 738 g/mol. The molecule has 0 fully saturated rings. The molecule has 6 heteroatoms. The zero-order valence-electron chi connectivity index (χ0n) is 23.9. The highest BCUT2D eigenvalue weighted by Gasteiger charge is 2.29. The molecule has 0 heterocycles. The largest absolute Gasteiger partial charge is 0.398 e. The summed E-state index contributed by atoms with van der Waals surface area (Å²) in [6.07, 6.45) is 0.669. The molecule has 0 saturated heterocycles. The van der Waals surface area contributed by atoms with Gasteiger partial charge in [0.05, 0.1) is 10.7 Å². The number of fused-ring (bicyclic) bond motifs is 6. The van der Waals surface area contributed by atoms with Gasteiger partial charge in [0.2, 0.25) is 0 Å². The number of carbonyl (C=O) groups is 2. The van der Waals surface area contributed by atoms with Crippen LogP contribution in [0.3, 0.4) is 0 Å². The molecular formula is C39H26Cl2INO2. The molecule has 0 saturated carbocycles. The second kappa shape index (κ2) is 13.4. The standard InChI is InChI=1S/C20H13ClO.C13H7IO.C6H6ClN/c21-18-11-4-1-6-13(18)12-14-7-5-10-16-15-8-2-3-9-17(15)20(22)19(14)16;14-11-7-3-6-9-8-4-1-2-5-10(8)13(15)12(9)11;7-5-3-1-2-4-6(5)8/h1-11H,12H2;1-7H;1-4H,8H2. The first kappa shape index (κ1) is 30.8.